The molecule has 0 heterocycles. The van der Waals surface area contributed by atoms with E-state index in [4.69, 9.17) is 0 Å². The zero-order chi connectivity index (χ0) is 13.8. The van der Waals surface area contributed by atoms with Gasteiger partial charge < -0.3 is 10.0 Å². The van der Waals surface area contributed by atoms with Crippen molar-refractivity contribution in [2.75, 3.05) is 11.9 Å². The fourth-order valence-corrected chi connectivity index (χ4v) is 2.82. The molecule has 1 fully saturated rings. The minimum Gasteiger partial charge on any atom is -0.507 e. The third kappa shape index (κ3) is 3.51. The summed E-state index contributed by atoms with van der Waals surface area (Å²) in [6.07, 6.45) is 4.27. The van der Waals surface area contributed by atoms with E-state index in [9.17, 15) is 9.90 Å². The van der Waals surface area contributed by atoms with E-state index in [0.717, 1.165) is 35.6 Å². The number of carbonyl (C=O) groups is 1. The van der Waals surface area contributed by atoms with E-state index < -0.39 is 0 Å². The standard InChI is InChI=1S/C14H17Br2NO2/c15-7-2-8-17(11-3-1-4-11)14(19)12-6-5-10(16)9-13(12)18/h5-6,9,11,18H,1-4,7-8H2. The molecule has 1 aliphatic carbocycles. The number of nitrogens with zero attached hydrogens (tertiary/aromatic N) is 1. The van der Waals surface area contributed by atoms with Gasteiger partial charge in [0.1, 0.15) is 5.75 Å². The van der Waals surface area contributed by atoms with Crippen LogP contribution in [0.1, 0.15) is 36.0 Å². The fourth-order valence-electron chi connectivity index (χ4n) is 2.22. The third-order valence-corrected chi connectivity index (χ3v) is 4.55. The summed E-state index contributed by atoms with van der Waals surface area (Å²) >= 11 is 6.69. The number of phenols is 1. The zero-order valence-electron chi connectivity index (χ0n) is 10.6. The van der Waals surface area contributed by atoms with Crippen molar-refractivity contribution >= 4 is 37.8 Å². The molecule has 1 aliphatic rings. The average molecular weight is 391 g/mol. The van der Waals surface area contributed by atoms with Crippen LogP contribution in [0.5, 0.6) is 5.75 Å². The molecule has 0 aromatic heterocycles. The molecule has 0 aliphatic heterocycles. The van der Waals surface area contributed by atoms with E-state index in [2.05, 4.69) is 31.9 Å². The average Bonchev–Trinajstić information content (AvgIpc) is 2.31. The van der Waals surface area contributed by atoms with Crippen molar-refractivity contribution in [1.29, 1.82) is 0 Å². The van der Waals surface area contributed by atoms with Gasteiger partial charge in [-0.1, -0.05) is 31.9 Å². The molecule has 3 nitrogen and oxygen atoms in total. The van der Waals surface area contributed by atoms with Gasteiger partial charge in [-0.3, -0.25) is 4.79 Å². The monoisotopic (exact) mass is 389 g/mol. The summed E-state index contributed by atoms with van der Waals surface area (Å²) in [5.41, 5.74) is 0.393. The second-order valence-electron chi connectivity index (χ2n) is 4.79. The largest absolute Gasteiger partial charge is 0.507 e. The zero-order valence-corrected chi connectivity index (χ0v) is 13.8. The van der Waals surface area contributed by atoms with Gasteiger partial charge in [0, 0.05) is 22.4 Å². The topological polar surface area (TPSA) is 40.5 Å². The first kappa shape index (κ1) is 14.9. The molecule has 0 saturated heterocycles. The van der Waals surface area contributed by atoms with E-state index in [1.165, 1.54) is 6.42 Å². The highest BCUT2D eigenvalue weighted by molar-refractivity contribution is 9.10. The van der Waals surface area contributed by atoms with Crippen LogP contribution in [-0.4, -0.2) is 33.8 Å². The van der Waals surface area contributed by atoms with Crippen molar-refractivity contribution in [3.8, 4) is 5.75 Å². The van der Waals surface area contributed by atoms with Crippen molar-refractivity contribution in [2.24, 2.45) is 0 Å². The molecule has 1 aromatic carbocycles. The van der Waals surface area contributed by atoms with Crippen LogP contribution >= 0.6 is 31.9 Å². The molecule has 2 rings (SSSR count). The molecular formula is C14H17Br2NO2. The fraction of sp³-hybridized carbons (Fsp3) is 0.500. The number of amides is 1. The minimum atomic E-state index is -0.0596. The van der Waals surface area contributed by atoms with Crippen LogP contribution in [0.25, 0.3) is 0 Å². The normalized spacial score (nSPS) is 15.1. The van der Waals surface area contributed by atoms with Crippen molar-refractivity contribution in [2.45, 2.75) is 31.7 Å². The SMILES string of the molecule is O=C(c1ccc(Br)cc1O)N(CCCBr)C1CCC1. The van der Waals surface area contributed by atoms with Crippen LogP contribution in [0.4, 0.5) is 0 Å². The molecule has 1 amide bonds. The van der Waals surface area contributed by atoms with E-state index in [0.29, 0.717) is 11.6 Å². The molecule has 1 saturated carbocycles. The van der Waals surface area contributed by atoms with Gasteiger partial charge in [0.15, 0.2) is 0 Å². The van der Waals surface area contributed by atoms with Crippen molar-refractivity contribution in [1.82, 2.24) is 4.90 Å². The Bertz CT molecular complexity index is 461. The summed E-state index contributed by atoms with van der Waals surface area (Å²) in [6.45, 7) is 0.740. The van der Waals surface area contributed by atoms with Crippen LogP contribution in [-0.2, 0) is 0 Å². The van der Waals surface area contributed by atoms with Gasteiger partial charge in [-0.25, -0.2) is 0 Å². The molecule has 5 heteroatoms. The van der Waals surface area contributed by atoms with E-state index in [1.54, 1.807) is 18.2 Å². The third-order valence-electron chi connectivity index (χ3n) is 3.50. The summed E-state index contributed by atoms with van der Waals surface area (Å²) < 4.78 is 0.775. The number of hydrogen-bond donors (Lipinski definition) is 1. The Kier molecular flexibility index (Phi) is 5.28. The van der Waals surface area contributed by atoms with Gasteiger partial charge in [-0.2, -0.15) is 0 Å². The first-order valence-corrected chi connectivity index (χ1v) is 8.40. The Hall–Kier alpha value is -0.550. The Balaban J connectivity index is 2.17. The predicted molar refractivity (Wildman–Crippen MR) is 82.9 cm³/mol. The Morgan fingerprint density at radius 3 is 2.68 bits per heavy atom. The van der Waals surface area contributed by atoms with Gasteiger partial charge in [-0.05, 0) is 43.9 Å². The highest BCUT2D eigenvalue weighted by atomic mass is 79.9. The Labute approximate surface area is 130 Å². The van der Waals surface area contributed by atoms with Gasteiger partial charge in [0.05, 0.1) is 5.56 Å². The number of phenolic OH excluding ortho intramolecular Hbond substituents is 1. The summed E-state index contributed by atoms with van der Waals surface area (Å²) in [5.74, 6) is -0.0156. The molecule has 0 radical (unpaired) electrons. The number of rotatable bonds is 5. The van der Waals surface area contributed by atoms with Crippen LogP contribution in [0, 0.1) is 0 Å². The lowest BCUT2D eigenvalue weighted by Crippen LogP contribution is -2.44. The van der Waals surface area contributed by atoms with Gasteiger partial charge >= 0.3 is 0 Å². The van der Waals surface area contributed by atoms with Crippen molar-refractivity contribution in [3.63, 3.8) is 0 Å². The maximum Gasteiger partial charge on any atom is 0.257 e. The maximum absolute atomic E-state index is 12.6. The first-order valence-electron chi connectivity index (χ1n) is 6.49. The van der Waals surface area contributed by atoms with Crippen LogP contribution in [0.3, 0.4) is 0 Å². The number of carbonyl (C=O) groups excluding carboxylic acids is 1. The molecule has 1 aromatic rings. The van der Waals surface area contributed by atoms with E-state index in [-0.39, 0.29) is 11.7 Å². The molecule has 0 bridgehead atoms. The van der Waals surface area contributed by atoms with Gasteiger partial charge in [0.2, 0.25) is 0 Å². The lowest BCUT2D eigenvalue weighted by atomic mass is 9.90. The molecule has 19 heavy (non-hydrogen) atoms. The number of hydrogen-bond acceptors (Lipinski definition) is 2. The van der Waals surface area contributed by atoms with Crippen LogP contribution in [0.2, 0.25) is 0 Å². The molecular weight excluding hydrogens is 374 g/mol. The Morgan fingerprint density at radius 1 is 1.42 bits per heavy atom. The van der Waals surface area contributed by atoms with Gasteiger partial charge in [0.25, 0.3) is 5.91 Å². The summed E-state index contributed by atoms with van der Waals surface area (Å²) in [4.78, 5) is 14.5. The summed E-state index contributed by atoms with van der Waals surface area (Å²) in [7, 11) is 0. The molecule has 104 valence electrons. The van der Waals surface area contributed by atoms with Crippen molar-refractivity contribution in [3.05, 3.63) is 28.2 Å². The van der Waals surface area contributed by atoms with Crippen LogP contribution < -0.4 is 0 Å². The molecule has 0 unspecified atom stereocenters. The highest BCUT2D eigenvalue weighted by Crippen LogP contribution is 2.29. The highest BCUT2D eigenvalue weighted by Gasteiger charge is 2.30. The number of halogens is 2. The molecule has 0 spiro atoms. The van der Waals surface area contributed by atoms with E-state index in [1.807, 2.05) is 4.90 Å². The smallest absolute Gasteiger partial charge is 0.257 e. The van der Waals surface area contributed by atoms with E-state index >= 15 is 0 Å². The second kappa shape index (κ2) is 6.75. The number of alkyl halides is 1. The van der Waals surface area contributed by atoms with Crippen molar-refractivity contribution < 1.29 is 9.90 Å². The molecule has 0 atom stereocenters. The minimum absolute atomic E-state index is 0.0440. The summed E-state index contributed by atoms with van der Waals surface area (Å²) in [5, 5.41) is 10.8. The number of aromatic hydroxyl groups is 1. The molecule has 1 N–H and O–H groups in total. The first-order chi connectivity index (χ1) is 9.13. The summed E-state index contributed by atoms with van der Waals surface area (Å²) in [6, 6.07) is 5.38. The quantitative estimate of drug-likeness (QED) is 0.773. The van der Waals surface area contributed by atoms with Gasteiger partial charge in [-0.15, -0.1) is 0 Å². The Morgan fingerprint density at radius 2 is 2.16 bits per heavy atom. The second-order valence-corrected chi connectivity index (χ2v) is 6.50. The lowest BCUT2D eigenvalue weighted by molar-refractivity contribution is 0.0578. The predicted octanol–water partition coefficient (Wildman–Crippen LogP) is 3.93. The van der Waals surface area contributed by atoms with Crippen LogP contribution in [0.15, 0.2) is 22.7 Å². The maximum atomic E-state index is 12.6. The number of benzene rings is 1. The lowest BCUT2D eigenvalue weighted by Gasteiger charge is -2.37.